The second-order valence-electron chi connectivity index (χ2n) is 6.52. The molecule has 2 atom stereocenters. The van der Waals surface area contributed by atoms with Gasteiger partial charge in [0, 0.05) is 10.9 Å². The summed E-state index contributed by atoms with van der Waals surface area (Å²) in [6.45, 7) is 2.85. The molecule has 26 heavy (non-hydrogen) atoms. The Labute approximate surface area is 156 Å². The zero-order chi connectivity index (χ0) is 18.1. The number of rotatable bonds is 5. The number of hydrogen-bond acceptors (Lipinski definition) is 5. The number of allylic oxidation sites excluding steroid dienone is 2. The van der Waals surface area contributed by atoms with Gasteiger partial charge in [-0.1, -0.05) is 12.2 Å². The number of amides is 2. The molecule has 0 N–H and O–H groups in total. The van der Waals surface area contributed by atoms with Crippen LogP contribution in [0, 0.1) is 11.8 Å². The van der Waals surface area contributed by atoms with Gasteiger partial charge in [0.15, 0.2) is 0 Å². The summed E-state index contributed by atoms with van der Waals surface area (Å²) in [5, 5.41) is 2.80. The van der Waals surface area contributed by atoms with Gasteiger partial charge >= 0.3 is 0 Å². The number of likely N-dealkylation sites (tertiary alicyclic amines) is 1. The number of carbonyl (C=O) groups excluding carboxylic acids is 2. The van der Waals surface area contributed by atoms with Crippen molar-refractivity contribution in [1.82, 2.24) is 9.88 Å². The summed E-state index contributed by atoms with van der Waals surface area (Å²) in [6.07, 6.45) is 5.34. The summed E-state index contributed by atoms with van der Waals surface area (Å²) < 4.78 is 5.46. The number of carbonyl (C=O) groups is 2. The van der Waals surface area contributed by atoms with E-state index in [9.17, 15) is 9.59 Å². The lowest BCUT2D eigenvalue weighted by Crippen LogP contribution is -2.30. The number of hydrogen-bond donors (Lipinski definition) is 0. The largest absolute Gasteiger partial charge is 0.494 e. The van der Waals surface area contributed by atoms with E-state index in [-0.39, 0.29) is 30.2 Å². The van der Waals surface area contributed by atoms with Crippen molar-refractivity contribution in [3.8, 4) is 16.3 Å². The summed E-state index contributed by atoms with van der Waals surface area (Å²) in [5.74, 6) is 0.353. The van der Waals surface area contributed by atoms with Crippen LogP contribution in [0.3, 0.4) is 0 Å². The quantitative estimate of drug-likeness (QED) is 0.597. The molecular weight excluding hydrogens is 348 g/mol. The molecule has 0 saturated carbocycles. The molecule has 1 aliphatic heterocycles. The SMILES string of the molecule is CCOc1ccc(-c2nc(CN3C(=O)[C@H]4CC=CC[C@H]4C3=O)cs2)cc1. The number of nitrogens with zero attached hydrogens (tertiary/aromatic N) is 2. The van der Waals surface area contributed by atoms with E-state index in [1.54, 1.807) is 0 Å². The van der Waals surface area contributed by atoms with Gasteiger partial charge in [-0.05, 0) is 44.0 Å². The maximum atomic E-state index is 12.6. The van der Waals surface area contributed by atoms with E-state index in [0.29, 0.717) is 19.4 Å². The highest BCUT2D eigenvalue weighted by molar-refractivity contribution is 7.13. The second-order valence-corrected chi connectivity index (χ2v) is 7.38. The fourth-order valence-electron chi connectivity index (χ4n) is 3.56. The van der Waals surface area contributed by atoms with Crippen molar-refractivity contribution in [3.05, 3.63) is 47.5 Å². The van der Waals surface area contributed by atoms with Gasteiger partial charge in [-0.3, -0.25) is 14.5 Å². The van der Waals surface area contributed by atoms with Crippen LogP contribution in [0.4, 0.5) is 0 Å². The van der Waals surface area contributed by atoms with Gasteiger partial charge < -0.3 is 4.74 Å². The van der Waals surface area contributed by atoms with Crippen LogP contribution in [0.15, 0.2) is 41.8 Å². The van der Waals surface area contributed by atoms with Gasteiger partial charge in [0.25, 0.3) is 0 Å². The third-order valence-corrected chi connectivity index (χ3v) is 5.82. The molecule has 0 radical (unpaired) electrons. The van der Waals surface area contributed by atoms with Crippen molar-refractivity contribution in [3.63, 3.8) is 0 Å². The fraction of sp³-hybridized carbons (Fsp3) is 0.350. The van der Waals surface area contributed by atoms with Gasteiger partial charge in [0.05, 0.1) is 30.7 Å². The fourth-order valence-corrected chi connectivity index (χ4v) is 4.38. The van der Waals surface area contributed by atoms with Gasteiger partial charge in [0.1, 0.15) is 10.8 Å². The van der Waals surface area contributed by atoms with Crippen molar-refractivity contribution < 1.29 is 14.3 Å². The molecule has 1 aliphatic carbocycles. The third kappa shape index (κ3) is 3.05. The van der Waals surface area contributed by atoms with Crippen LogP contribution in [0.2, 0.25) is 0 Å². The van der Waals surface area contributed by atoms with E-state index in [1.165, 1.54) is 16.2 Å². The maximum Gasteiger partial charge on any atom is 0.233 e. The number of ether oxygens (including phenoxy) is 1. The van der Waals surface area contributed by atoms with Crippen molar-refractivity contribution in [2.75, 3.05) is 6.61 Å². The minimum absolute atomic E-state index is 0.0556. The molecule has 2 heterocycles. The van der Waals surface area contributed by atoms with Gasteiger partial charge in [-0.2, -0.15) is 0 Å². The highest BCUT2D eigenvalue weighted by Crippen LogP contribution is 2.36. The summed E-state index contributed by atoms with van der Waals surface area (Å²) in [7, 11) is 0. The van der Waals surface area contributed by atoms with Crippen molar-refractivity contribution >= 4 is 23.2 Å². The highest BCUT2D eigenvalue weighted by atomic mass is 32.1. The molecule has 2 aromatic rings. The van der Waals surface area contributed by atoms with Gasteiger partial charge in [0.2, 0.25) is 11.8 Å². The first kappa shape index (κ1) is 17.0. The third-order valence-electron chi connectivity index (χ3n) is 4.88. The molecule has 0 spiro atoms. The van der Waals surface area contributed by atoms with E-state index in [0.717, 1.165) is 22.0 Å². The molecule has 0 bridgehead atoms. The summed E-state index contributed by atoms with van der Waals surface area (Å²) >= 11 is 1.52. The zero-order valence-corrected chi connectivity index (χ0v) is 15.4. The highest BCUT2D eigenvalue weighted by Gasteiger charge is 2.47. The maximum absolute atomic E-state index is 12.6. The van der Waals surface area contributed by atoms with Crippen molar-refractivity contribution in [2.45, 2.75) is 26.3 Å². The van der Waals surface area contributed by atoms with Crippen LogP contribution in [0.5, 0.6) is 5.75 Å². The second kappa shape index (κ2) is 7.03. The first-order valence-electron chi connectivity index (χ1n) is 8.85. The molecule has 134 valence electrons. The lowest BCUT2D eigenvalue weighted by atomic mass is 9.85. The summed E-state index contributed by atoms with van der Waals surface area (Å²) in [6, 6.07) is 7.79. The van der Waals surface area contributed by atoms with E-state index in [2.05, 4.69) is 4.98 Å². The average molecular weight is 368 g/mol. The molecule has 1 aromatic carbocycles. The zero-order valence-electron chi connectivity index (χ0n) is 14.6. The molecule has 2 aliphatic rings. The minimum Gasteiger partial charge on any atom is -0.494 e. The molecule has 4 rings (SSSR count). The first-order chi connectivity index (χ1) is 12.7. The van der Waals surface area contributed by atoms with Crippen LogP contribution < -0.4 is 4.74 Å². The van der Waals surface area contributed by atoms with E-state index in [1.807, 2.05) is 48.7 Å². The Morgan fingerprint density at radius 1 is 1.12 bits per heavy atom. The number of imide groups is 1. The Kier molecular flexibility index (Phi) is 4.59. The standard InChI is InChI=1S/C20H20N2O3S/c1-2-25-15-9-7-13(8-10-15)18-21-14(12-26-18)11-22-19(23)16-5-3-4-6-17(16)20(22)24/h3-4,7-10,12,16-17H,2,5-6,11H2,1H3/t16-,17+. The van der Waals surface area contributed by atoms with E-state index < -0.39 is 0 Å². The summed E-state index contributed by atoms with van der Waals surface area (Å²) in [5.41, 5.74) is 1.76. The predicted octanol–water partition coefficient (Wildman–Crippen LogP) is 3.66. The minimum atomic E-state index is -0.184. The van der Waals surface area contributed by atoms with Crippen LogP contribution in [0.25, 0.3) is 10.6 Å². The molecule has 2 amide bonds. The van der Waals surface area contributed by atoms with Crippen LogP contribution in [-0.2, 0) is 16.1 Å². The molecule has 5 nitrogen and oxygen atoms in total. The number of thiazole rings is 1. The molecule has 1 aromatic heterocycles. The monoisotopic (exact) mass is 368 g/mol. The Hall–Kier alpha value is -2.47. The van der Waals surface area contributed by atoms with Crippen molar-refractivity contribution in [1.29, 1.82) is 0 Å². The topological polar surface area (TPSA) is 59.5 Å². The normalized spacial score (nSPS) is 22.0. The Morgan fingerprint density at radius 3 is 2.38 bits per heavy atom. The summed E-state index contributed by atoms with van der Waals surface area (Å²) in [4.78, 5) is 31.1. The average Bonchev–Trinajstić information content (AvgIpc) is 3.23. The van der Waals surface area contributed by atoms with Crippen LogP contribution in [0.1, 0.15) is 25.5 Å². The smallest absolute Gasteiger partial charge is 0.233 e. The molecule has 1 saturated heterocycles. The van der Waals surface area contributed by atoms with Crippen molar-refractivity contribution in [2.24, 2.45) is 11.8 Å². The van der Waals surface area contributed by atoms with Crippen LogP contribution >= 0.6 is 11.3 Å². The first-order valence-corrected chi connectivity index (χ1v) is 9.73. The number of benzene rings is 1. The van der Waals surface area contributed by atoms with E-state index >= 15 is 0 Å². The molecule has 1 fully saturated rings. The van der Waals surface area contributed by atoms with E-state index in [4.69, 9.17) is 4.74 Å². The molecular formula is C20H20N2O3S. The predicted molar refractivity (Wildman–Crippen MR) is 99.6 cm³/mol. The van der Waals surface area contributed by atoms with Gasteiger partial charge in [-0.25, -0.2) is 4.98 Å². The lowest BCUT2D eigenvalue weighted by Gasteiger charge is -2.14. The number of fused-ring (bicyclic) bond motifs is 1. The Morgan fingerprint density at radius 2 is 1.77 bits per heavy atom. The Bertz CT molecular complexity index is 830. The molecule has 0 unspecified atom stereocenters. The lowest BCUT2D eigenvalue weighted by molar-refractivity contribution is -0.140. The molecule has 6 heteroatoms. The van der Waals surface area contributed by atoms with Gasteiger partial charge in [-0.15, -0.1) is 11.3 Å². The van der Waals surface area contributed by atoms with Crippen LogP contribution in [-0.4, -0.2) is 28.3 Å². The number of aromatic nitrogens is 1. The Balaban J connectivity index is 1.48.